The molecule has 2 rings (SSSR count). The predicted molar refractivity (Wildman–Crippen MR) is 71.3 cm³/mol. The van der Waals surface area contributed by atoms with Crippen LogP contribution in [0.25, 0.3) is 10.8 Å². The Morgan fingerprint density at radius 1 is 0.773 bits per heavy atom. The molecule has 0 aliphatic carbocycles. The summed E-state index contributed by atoms with van der Waals surface area (Å²) in [5.41, 5.74) is -0.663. The van der Waals surface area contributed by atoms with Crippen LogP contribution in [0.4, 0.5) is 0 Å². The first kappa shape index (κ1) is 15.0. The van der Waals surface area contributed by atoms with Gasteiger partial charge in [0.05, 0.1) is 16.5 Å². The van der Waals surface area contributed by atoms with Crippen LogP contribution in [-0.4, -0.2) is 35.1 Å². The summed E-state index contributed by atoms with van der Waals surface area (Å²) in [5, 5.41) is 18.1. The van der Waals surface area contributed by atoms with Crippen molar-refractivity contribution in [2.45, 2.75) is 0 Å². The third-order valence-electron chi connectivity index (χ3n) is 2.90. The van der Waals surface area contributed by atoms with Crippen LogP contribution in [-0.2, 0) is 9.59 Å². The fourth-order valence-electron chi connectivity index (χ4n) is 2.09. The molecule has 0 atom stereocenters. The Bertz CT molecular complexity index is 730. The summed E-state index contributed by atoms with van der Waals surface area (Å²) in [5.74, 6) is -3.02. The number of ether oxygens (including phenoxy) is 2. The van der Waals surface area contributed by atoms with Gasteiger partial charge in [-0.1, -0.05) is 0 Å². The molecule has 0 saturated heterocycles. The van der Waals surface area contributed by atoms with Gasteiger partial charge in [0, 0.05) is 5.39 Å². The van der Waals surface area contributed by atoms with E-state index in [1.807, 2.05) is 0 Å². The normalized spacial score (nSPS) is 10.0. The zero-order valence-corrected chi connectivity index (χ0v) is 10.8. The molecule has 2 aromatic rings. The van der Waals surface area contributed by atoms with Crippen LogP contribution in [0, 0.1) is 0 Å². The van der Waals surface area contributed by atoms with Crippen LogP contribution >= 0.6 is 0 Å². The SMILES string of the molecule is O=COc1ccc(C(=O)O)c2c(C(=O)O)ccc(OC=O)c12. The molecule has 2 N–H and O–H groups in total. The molecule has 0 bridgehead atoms. The molecule has 0 aromatic heterocycles. The van der Waals surface area contributed by atoms with E-state index in [9.17, 15) is 29.4 Å². The minimum atomic E-state index is -1.38. The van der Waals surface area contributed by atoms with Crippen molar-refractivity contribution in [1.29, 1.82) is 0 Å². The molecular formula is C14H8O8. The van der Waals surface area contributed by atoms with E-state index in [0.29, 0.717) is 0 Å². The minimum Gasteiger partial charge on any atom is -0.478 e. The Kier molecular flexibility index (Phi) is 4.03. The lowest BCUT2D eigenvalue weighted by atomic mass is 9.97. The Labute approximate surface area is 122 Å². The number of carbonyl (C=O) groups excluding carboxylic acids is 2. The monoisotopic (exact) mass is 304 g/mol. The van der Waals surface area contributed by atoms with Gasteiger partial charge in [0.1, 0.15) is 11.5 Å². The minimum absolute atomic E-state index is 0.0906. The molecule has 0 unspecified atom stereocenters. The summed E-state index contributed by atoms with van der Waals surface area (Å²) in [6, 6.07) is 4.54. The number of benzene rings is 2. The number of hydrogen-bond donors (Lipinski definition) is 2. The number of carbonyl (C=O) groups is 4. The summed E-state index contributed by atoms with van der Waals surface area (Å²) >= 11 is 0. The molecule has 0 aliphatic heterocycles. The van der Waals surface area contributed by atoms with Gasteiger partial charge in [-0.05, 0) is 24.3 Å². The highest BCUT2D eigenvalue weighted by molar-refractivity contribution is 6.16. The van der Waals surface area contributed by atoms with Crippen LogP contribution in [0.1, 0.15) is 20.7 Å². The van der Waals surface area contributed by atoms with E-state index in [1.165, 1.54) is 12.1 Å². The smallest absolute Gasteiger partial charge is 0.336 e. The Morgan fingerprint density at radius 2 is 1.18 bits per heavy atom. The molecular weight excluding hydrogens is 296 g/mol. The second-order valence-corrected chi connectivity index (χ2v) is 4.01. The van der Waals surface area contributed by atoms with E-state index in [1.54, 1.807) is 0 Å². The van der Waals surface area contributed by atoms with Gasteiger partial charge in [0.2, 0.25) is 0 Å². The van der Waals surface area contributed by atoms with Crippen molar-refractivity contribution >= 4 is 35.7 Å². The first-order valence-corrected chi connectivity index (χ1v) is 5.78. The van der Waals surface area contributed by atoms with Gasteiger partial charge in [0.25, 0.3) is 12.9 Å². The summed E-state index contributed by atoms with van der Waals surface area (Å²) in [6.45, 7) is 0.181. The van der Waals surface area contributed by atoms with Crippen molar-refractivity contribution in [1.82, 2.24) is 0 Å². The quantitative estimate of drug-likeness (QED) is 0.764. The number of carboxylic acids is 2. The molecule has 8 nitrogen and oxygen atoms in total. The van der Waals surface area contributed by atoms with E-state index in [2.05, 4.69) is 0 Å². The highest BCUT2D eigenvalue weighted by Gasteiger charge is 2.22. The average molecular weight is 304 g/mol. The molecule has 0 heterocycles. The first-order chi connectivity index (χ1) is 10.5. The highest BCUT2D eigenvalue weighted by Crippen LogP contribution is 2.38. The summed E-state index contributed by atoms with van der Waals surface area (Å²) in [6.07, 6.45) is 0. The van der Waals surface area contributed by atoms with Gasteiger partial charge < -0.3 is 19.7 Å². The predicted octanol–water partition coefficient (Wildman–Crippen LogP) is 1.31. The molecule has 0 aliphatic rings. The van der Waals surface area contributed by atoms with E-state index in [-0.39, 0.29) is 46.3 Å². The van der Waals surface area contributed by atoms with Gasteiger partial charge >= 0.3 is 11.9 Å². The second-order valence-electron chi connectivity index (χ2n) is 4.01. The van der Waals surface area contributed by atoms with Crippen LogP contribution in [0.3, 0.4) is 0 Å². The second kappa shape index (κ2) is 5.92. The largest absolute Gasteiger partial charge is 0.478 e. The lowest BCUT2D eigenvalue weighted by Crippen LogP contribution is -2.06. The van der Waals surface area contributed by atoms with Crippen LogP contribution in [0.2, 0.25) is 0 Å². The Morgan fingerprint density at radius 3 is 1.50 bits per heavy atom. The standard InChI is InChI=1S/C14H8O8/c15-5-21-9-3-1-7(13(17)18)11-8(14(19)20)2-4-10(12(9)11)22-6-16/h1-6H,(H,17,18)(H,19,20). The summed E-state index contributed by atoms with van der Waals surface area (Å²) in [4.78, 5) is 43.7. The number of rotatable bonds is 6. The lowest BCUT2D eigenvalue weighted by molar-refractivity contribution is -0.121. The number of carboxylic acid groups (broad SMARTS) is 2. The van der Waals surface area contributed by atoms with Gasteiger partial charge in [-0.3, -0.25) is 9.59 Å². The molecule has 8 heteroatoms. The summed E-state index contributed by atoms with van der Waals surface area (Å²) in [7, 11) is 0. The number of hydrogen-bond acceptors (Lipinski definition) is 6. The van der Waals surface area contributed by atoms with E-state index < -0.39 is 11.9 Å². The highest BCUT2D eigenvalue weighted by atomic mass is 16.5. The van der Waals surface area contributed by atoms with Crippen molar-refractivity contribution in [3.05, 3.63) is 35.4 Å². The molecule has 0 spiro atoms. The summed E-state index contributed by atoms with van der Waals surface area (Å²) < 4.78 is 9.43. The third-order valence-corrected chi connectivity index (χ3v) is 2.90. The van der Waals surface area contributed by atoms with Crippen molar-refractivity contribution in [3.63, 3.8) is 0 Å². The Hall–Kier alpha value is -3.42. The van der Waals surface area contributed by atoms with Gasteiger partial charge in [-0.25, -0.2) is 9.59 Å². The number of aromatic carboxylic acids is 2. The maximum atomic E-state index is 11.3. The van der Waals surface area contributed by atoms with E-state index >= 15 is 0 Å². The molecule has 0 radical (unpaired) electrons. The van der Waals surface area contributed by atoms with Crippen molar-refractivity contribution < 1.29 is 38.9 Å². The maximum Gasteiger partial charge on any atom is 0.336 e. The van der Waals surface area contributed by atoms with Crippen LogP contribution in [0.15, 0.2) is 24.3 Å². The maximum absolute atomic E-state index is 11.3. The fourth-order valence-corrected chi connectivity index (χ4v) is 2.09. The molecule has 0 amide bonds. The molecule has 112 valence electrons. The zero-order chi connectivity index (χ0) is 16.3. The van der Waals surface area contributed by atoms with Gasteiger partial charge in [0.15, 0.2) is 0 Å². The first-order valence-electron chi connectivity index (χ1n) is 5.78. The van der Waals surface area contributed by atoms with Crippen molar-refractivity contribution in [2.24, 2.45) is 0 Å². The Balaban J connectivity index is 3.01. The topological polar surface area (TPSA) is 127 Å². The van der Waals surface area contributed by atoms with Crippen LogP contribution in [0.5, 0.6) is 11.5 Å². The molecule has 0 saturated carbocycles. The van der Waals surface area contributed by atoms with Crippen LogP contribution < -0.4 is 9.47 Å². The zero-order valence-electron chi connectivity index (χ0n) is 10.8. The fraction of sp³-hybridized carbons (Fsp3) is 0. The molecule has 0 fully saturated rings. The molecule has 22 heavy (non-hydrogen) atoms. The average Bonchev–Trinajstić information content (AvgIpc) is 2.47. The number of fused-ring (bicyclic) bond motifs is 1. The van der Waals surface area contributed by atoms with Gasteiger partial charge in [-0.2, -0.15) is 0 Å². The molecule has 2 aromatic carbocycles. The third kappa shape index (κ3) is 2.44. The van der Waals surface area contributed by atoms with E-state index in [0.717, 1.165) is 12.1 Å². The van der Waals surface area contributed by atoms with Gasteiger partial charge in [-0.15, -0.1) is 0 Å². The van der Waals surface area contributed by atoms with Crippen molar-refractivity contribution in [3.8, 4) is 11.5 Å². The van der Waals surface area contributed by atoms with Crippen molar-refractivity contribution in [2.75, 3.05) is 0 Å². The lowest BCUT2D eigenvalue weighted by Gasteiger charge is -2.12. The van der Waals surface area contributed by atoms with E-state index in [4.69, 9.17) is 9.47 Å².